The molecule has 1 N–H and O–H groups in total. The van der Waals surface area contributed by atoms with Crippen LogP contribution in [0.25, 0.3) is 0 Å². The lowest BCUT2D eigenvalue weighted by Gasteiger charge is -2.06. The van der Waals surface area contributed by atoms with Gasteiger partial charge in [0, 0.05) is 5.69 Å². The zero-order chi connectivity index (χ0) is 18.5. The molecule has 134 valence electrons. The molecule has 0 fully saturated rings. The van der Waals surface area contributed by atoms with Crippen molar-refractivity contribution in [1.29, 1.82) is 0 Å². The van der Waals surface area contributed by atoms with Crippen molar-refractivity contribution in [3.63, 3.8) is 0 Å². The van der Waals surface area contributed by atoms with Gasteiger partial charge in [0.15, 0.2) is 5.76 Å². The molecule has 0 unspecified atom stereocenters. The minimum Gasteiger partial charge on any atom is -0.494 e. The number of benzene rings is 1. The highest BCUT2D eigenvalue weighted by atomic mass is 16.6. The van der Waals surface area contributed by atoms with Crippen LogP contribution in [0, 0.1) is 10.1 Å². The Morgan fingerprint density at radius 3 is 2.73 bits per heavy atom. The Labute approximate surface area is 148 Å². The second-order valence-electron chi connectivity index (χ2n) is 5.33. The largest absolute Gasteiger partial charge is 0.494 e. The van der Waals surface area contributed by atoms with E-state index in [9.17, 15) is 14.9 Å². The van der Waals surface area contributed by atoms with E-state index >= 15 is 0 Å². The SMILES string of the molecule is CCOc1ccc(NC(=O)c2ccc(Cn3cc([N+](=O)[O-])cn3)o2)cc1. The number of hydrogen-bond acceptors (Lipinski definition) is 6. The normalized spacial score (nSPS) is 10.5. The van der Waals surface area contributed by atoms with Gasteiger partial charge in [-0.05, 0) is 43.3 Å². The van der Waals surface area contributed by atoms with Crippen LogP contribution in [0.15, 0.2) is 53.2 Å². The molecule has 0 atom stereocenters. The van der Waals surface area contributed by atoms with Crippen LogP contribution >= 0.6 is 0 Å². The van der Waals surface area contributed by atoms with Crippen molar-refractivity contribution in [2.75, 3.05) is 11.9 Å². The standard InChI is InChI=1S/C17H16N4O5/c1-2-25-14-5-3-12(4-6-14)19-17(22)16-8-7-15(26-16)11-20-10-13(9-18-20)21(23)24/h3-10H,2,11H2,1H3,(H,19,22). The number of nitro groups is 1. The molecule has 0 aliphatic carbocycles. The lowest BCUT2D eigenvalue weighted by molar-refractivity contribution is -0.385. The summed E-state index contributed by atoms with van der Waals surface area (Å²) in [5.41, 5.74) is 0.504. The second-order valence-corrected chi connectivity index (χ2v) is 5.33. The average Bonchev–Trinajstić information content (AvgIpc) is 3.27. The summed E-state index contributed by atoms with van der Waals surface area (Å²) in [7, 11) is 0. The molecule has 3 aromatic rings. The van der Waals surface area contributed by atoms with Gasteiger partial charge in [-0.25, -0.2) is 0 Å². The van der Waals surface area contributed by atoms with Crippen LogP contribution < -0.4 is 10.1 Å². The van der Waals surface area contributed by atoms with Crippen LogP contribution in [-0.2, 0) is 6.54 Å². The zero-order valence-corrected chi connectivity index (χ0v) is 13.9. The minimum atomic E-state index is -0.526. The first-order valence-corrected chi connectivity index (χ1v) is 7.85. The summed E-state index contributed by atoms with van der Waals surface area (Å²) in [5, 5.41) is 17.3. The van der Waals surface area contributed by atoms with E-state index in [1.54, 1.807) is 30.3 Å². The lowest BCUT2D eigenvalue weighted by Crippen LogP contribution is -2.10. The molecule has 9 nitrogen and oxygen atoms in total. The zero-order valence-electron chi connectivity index (χ0n) is 13.9. The molecule has 0 radical (unpaired) electrons. The van der Waals surface area contributed by atoms with Gasteiger partial charge in [-0.2, -0.15) is 5.10 Å². The number of hydrogen-bond donors (Lipinski definition) is 1. The first kappa shape index (κ1) is 17.2. The second kappa shape index (κ2) is 7.51. The van der Waals surface area contributed by atoms with Crippen molar-refractivity contribution in [2.24, 2.45) is 0 Å². The predicted octanol–water partition coefficient (Wildman–Crippen LogP) is 3.08. The summed E-state index contributed by atoms with van der Waals surface area (Å²) in [6.07, 6.45) is 2.45. The Morgan fingerprint density at radius 1 is 1.31 bits per heavy atom. The highest BCUT2D eigenvalue weighted by Gasteiger charge is 2.14. The number of ether oxygens (including phenoxy) is 1. The van der Waals surface area contributed by atoms with E-state index in [4.69, 9.17) is 9.15 Å². The lowest BCUT2D eigenvalue weighted by atomic mass is 10.3. The number of carbonyl (C=O) groups is 1. The van der Waals surface area contributed by atoms with Crippen LogP contribution in [0.5, 0.6) is 5.75 Å². The number of carbonyl (C=O) groups excluding carboxylic acids is 1. The van der Waals surface area contributed by atoms with E-state index in [0.717, 1.165) is 11.9 Å². The summed E-state index contributed by atoms with van der Waals surface area (Å²) in [4.78, 5) is 22.4. The molecule has 0 aliphatic heterocycles. The molecule has 0 bridgehead atoms. The third-order valence-corrected chi connectivity index (χ3v) is 3.46. The summed E-state index contributed by atoms with van der Waals surface area (Å²) in [6.45, 7) is 2.65. The predicted molar refractivity (Wildman–Crippen MR) is 92.3 cm³/mol. The summed E-state index contributed by atoms with van der Waals surface area (Å²) in [6, 6.07) is 10.2. The van der Waals surface area contributed by atoms with Crippen LogP contribution in [0.2, 0.25) is 0 Å². The molecule has 26 heavy (non-hydrogen) atoms. The van der Waals surface area contributed by atoms with E-state index in [-0.39, 0.29) is 18.0 Å². The van der Waals surface area contributed by atoms with Gasteiger partial charge in [0.05, 0.1) is 18.1 Å². The van der Waals surface area contributed by atoms with Gasteiger partial charge in [-0.3, -0.25) is 19.6 Å². The Hall–Kier alpha value is -3.62. The van der Waals surface area contributed by atoms with Crippen molar-refractivity contribution in [3.8, 4) is 5.75 Å². The smallest absolute Gasteiger partial charge is 0.307 e. The molecule has 9 heteroatoms. The van der Waals surface area contributed by atoms with Crippen molar-refractivity contribution < 1.29 is 18.9 Å². The van der Waals surface area contributed by atoms with Gasteiger partial charge in [-0.1, -0.05) is 0 Å². The maximum Gasteiger partial charge on any atom is 0.307 e. The topological polar surface area (TPSA) is 112 Å². The Morgan fingerprint density at radius 2 is 2.08 bits per heavy atom. The summed E-state index contributed by atoms with van der Waals surface area (Å²) in [5.74, 6) is 0.918. The molecule has 0 aliphatic rings. The van der Waals surface area contributed by atoms with E-state index in [1.807, 2.05) is 6.92 Å². The highest BCUT2D eigenvalue weighted by molar-refractivity contribution is 6.02. The monoisotopic (exact) mass is 356 g/mol. The molecular weight excluding hydrogens is 340 g/mol. The van der Waals surface area contributed by atoms with Crippen molar-refractivity contribution in [3.05, 3.63) is 70.4 Å². The van der Waals surface area contributed by atoms with Crippen LogP contribution in [-0.4, -0.2) is 27.2 Å². The van der Waals surface area contributed by atoms with Gasteiger partial charge < -0.3 is 14.5 Å². The van der Waals surface area contributed by atoms with Crippen molar-refractivity contribution >= 4 is 17.3 Å². The number of nitrogens with one attached hydrogen (secondary N) is 1. The number of anilines is 1. The van der Waals surface area contributed by atoms with Crippen LogP contribution in [0.3, 0.4) is 0 Å². The van der Waals surface area contributed by atoms with E-state index in [0.29, 0.717) is 18.1 Å². The summed E-state index contributed by atoms with van der Waals surface area (Å²) >= 11 is 0. The Bertz CT molecular complexity index is 913. The Kier molecular flexibility index (Phi) is 4.97. The number of amides is 1. The first-order valence-electron chi connectivity index (χ1n) is 7.85. The minimum absolute atomic E-state index is 0.106. The fourth-order valence-corrected chi connectivity index (χ4v) is 2.27. The molecule has 1 aromatic carbocycles. The maximum atomic E-state index is 12.2. The van der Waals surface area contributed by atoms with Crippen molar-refractivity contribution in [2.45, 2.75) is 13.5 Å². The highest BCUT2D eigenvalue weighted by Crippen LogP contribution is 2.18. The van der Waals surface area contributed by atoms with Crippen LogP contribution in [0.1, 0.15) is 23.2 Å². The maximum absolute atomic E-state index is 12.2. The quantitative estimate of drug-likeness (QED) is 0.514. The number of furan rings is 1. The average molecular weight is 356 g/mol. The third-order valence-electron chi connectivity index (χ3n) is 3.46. The van der Waals surface area contributed by atoms with Gasteiger partial charge in [0.2, 0.25) is 0 Å². The fraction of sp³-hybridized carbons (Fsp3) is 0.176. The molecule has 2 aromatic heterocycles. The van der Waals surface area contributed by atoms with E-state index in [2.05, 4.69) is 10.4 Å². The summed E-state index contributed by atoms with van der Waals surface area (Å²) < 4.78 is 12.2. The van der Waals surface area contributed by atoms with E-state index in [1.165, 1.54) is 16.9 Å². The van der Waals surface area contributed by atoms with Crippen molar-refractivity contribution in [1.82, 2.24) is 9.78 Å². The van der Waals surface area contributed by atoms with Gasteiger partial charge in [0.25, 0.3) is 5.91 Å². The van der Waals surface area contributed by atoms with Gasteiger partial charge >= 0.3 is 5.69 Å². The molecule has 0 saturated carbocycles. The molecular formula is C17H16N4O5. The molecule has 0 saturated heterocycles. The Balaban J connectivity index is 1.62. The van der Waals surface area contributed by atoms with E-state index < -0.39 is 10.8 Å². The molecule has 2 heterocycles. The number of nitrogens with zero attached hydrogens (tertiary/aromatic N) is 3. The first-order chi connectivity index (χ1) is 12.5. The third kappa shape index (κ3) is 4.07. The van der Waals surface area contributed by atoms with Crippen LogP contribution in [0.4, 0.5) is 11.4 Å². The molecule has 0 spiro atoms. The number of aromatic nitrogens is 2. The fourth-order valence-electron chi connectivity index (χ4n) is 2.27. The molecule has 1 amide bonds. The van der Waals surface area contributed by atoms with Gasteiger partial charge in [0.1, 0.15) is 23.9 Å². The van der Waals surface area contributed by atoms with Gasteiger partial charge in [-0.15, -0.1) is 0 Å². The molecule has 3 rings (SSSR count). The number of rotatable bonds is 7.